The molecule has 5 rings (SSSR count). The molecule has 100 valence electrons. The average Bonchev–Trinajstić information content (AvgIpc) is 3.10. The SMILES string of the molecule is O=C1c2cc3c(cc2C2=CCC=C4CCN1C42)OCO3. The van der Waals surface area contributed by atoms with Crippen LogP contribution in [0.2, 0.25) is 0 Å². The third-order valence-corrected chi connectivity index (χ3v) is 4.63. The summed E-state index contributed by atoms with van der Waals surface area (Å²) >= 11 is 0. The fraction of sp³-hybridized carbons (Fsp3) is 0.312. The number of rotatable bonds is 0. The number of amides is 1. The molecule has 4 heteroatoms. The predicted molar refractivity (Wildman–Crippen MR) is 72.7 cm³/mol. The first-order chi connectivity index (χ1) is 9.83. The molecule has 4 aliphatic rings. The maximum absolute atomic E-state index is 12.7. The van der Waals surface area contributed by atoms with Crippen molar-refractivity contribution < 1.29 is 14.3 Å². The highest BCUT2D eigenvalue weighted by Crippen LogP contribution is 2.46. The minimum absolute atomic E-state index is 0.116. The van der Waals surface area contributed by atoms with E-state index in [1.807, 2.05) is 17.0 Å². The fourth-order valence-electron chi connectivity index (χ4n) is 3.73. The van der Waals surface area contributed by atoms with Gasteiger partial charge in [-0.05, 0) is 41.7 Å². The summed E-state index contributed by atoms with van der Waals surface area (Å²) in [5.74, 6) is 1.55. The molecule has 0 aromatic heterocycles. The van der Waals surface area contributed by atoms with Crippen molar-refractivity contribution in [3.05, 3.63) is 41.0 Å². The van der Waals surface area contributed by atoms with Gasteiger partial charge < -0.3 is 14.4 Å². The van der Waals surface area contributed by atoms with E-state index in [2.05, 4.69) is 12.2 Å². The number of allylic oxidation sites excluding steroid dienone is 2. The number of fused-ring (bicyclic) bond motifs is 3. The van der Waals surface area contributed by atoms with Gasteiger partial charge in [-0.25, -0.2) is 0 Å². The van der Waals surface area contributed by atoms with Crippen molar-refractivity contribution in [2.24, 2.45) is 0 Å². The van der Waals surface area contributed by atoms with E-state index in [0.29, 0.717) is 5.75 Å². The Balaban J connectivity index is 1.78. The number of carbonyl (C=O) groups is 1. The van der Waals surface area contributed by atoms with Crippen molar-refractivity contribution in [1.29, 1.82) is 0 Å². The summed E-state index contributed by atoms with van der Waals surface area (Å²) in [7, 11) is 0. The van der Waals surface area contributed by atoms with Gasteiger partial charge in [0.05, 0.1) is 11.6 Å². The summed E-state index contributed by atoms with van der Waals surface area (Å²) < 4.78 is 10.9. The van der Waals surface area contributed by atoms with Crippen LogP contribution in [-0.4, -0.2) is 30.2 Å². The lowest BCUT2D eigenvalue weighted by molar-refractivity contribution is 0.0762. The van der Waals surface area contributed by atoms with Crippen molar-refractivity contribution in [2.45, 2.75) is 18.9 Å². The summed E-state index contributed by atoms with van der Waals surface area (Å²) in [6.07, 6.45) is 6.45. The molecule has 20 heavy (non-hydrogen) atoms. The molecule has 4 nitrogen and oxygen atoms in total. The molecule has 3 aliphatic heterocycles. The highest BCUT2D eigenvalue weighted by atomic mass is 16.7. The van der Waals surface area contributed by atoms with Gasteiger partial charge in [0, 0.05) is 6.54 Å². The van der Waals surface area contributed by atoms with Crippen LogP contribution < -0.4 is 9.47 Å². The summed E-state index contributed by atoms with van der Waals surface area (Å²) in [5.41, 5.74) is 4.42. The van der Waals surface area contributed by atoms with E-state index in [-0.39, 0.29) is 18.7 Å². The lowest BCUT2D eigenvalue weighted by Crippen LogP contribution is -2.41. The number of carbonyl (C=O) groups excluding carboxylic acids is 1. The molecule has 1 fully saturated rings. The fourth-order valence-corrected chi connectivity index (χ4v) is 3.73. The summed E-state index contributed by atoms with van der Waals surface area (Å²) in [5, 5.41) is 0. The Kier molecular flexibility index (Phi) is 1.82. The van der Waals surface area contributed by atoms with E-state index in [0.717, 1.165) is 36.3 Å². The van der Waals surface area contributed by atoms with E-state index in [1.54, 1.807) is 0 Å². The van der Waals surface area contributed by atoms with Gasteiger partial charge in [-0.15, -0.1) is 0 Å². The molecule has 1 unspecified atom stereocenters. The second kappa shape index (κ2) is 3.45. The maximum atomic E-state index is 12.7. The van der Waals surface area contributed by atoms with Gasteiger partial charge in [0.1, 0.15) is 0 Å². The van der Waals surface area contributed by atoms with Crippen molar-refractivity contribution >= 4 is 11.5 Å². The Morgan fingerprint density at radius 3 is 2.75 bits per heavy atom. The number of benzene rings is 1. The van der Waals surface area contributed by atoms with Crippen molar-refractivity contribution in [2.75, 3.05) is 13.3 Å². The highest BCUT2D eigenvalue weighted by molar-refractivity contribution is 6.06. The zero-order chi connectivity index (χ0) is 13.3. The highest BCUT2D eigenvalue weighted by Gasteiger charge is 2.43. The second-order valence-corrected chi connectivity index (χ2v) is 5.58. The van der Waals surface area contributed by atoms with Crippen LogP contribution in [0.5, 0.6) is 11.5 Å². The molecular formula is C16H13NO3. The van der Waals surface area contributed by atoms with Gasteiger partial charge >= 0.3 is 0 Å². The van der Waals surface area contributed by atoms with Crippen LogP contribution in [0.4, 0.5) is 0 Å². The van der Waals surface area contributed by atoms with E-state index < -0.39 is 0 Å². The number of hydrogen-bond acceptors (Lipinski definition) is 3. The largest absolute Gasteiger partial charge is 0.454 e. The number of ether oxygens (including phenoxy) is 2. The van der Waals surface area contributed by atoms with Crippen LogP contribution in [0, 0.1) is 0 Å². The molecule has 0 N–H and O–H groups in total. The first kappa shape index (κ1) is 10.5. The molecule has 1 amide bonds. The third kappa shape index (κ3) is 1.15. The van der Waals surface area contributed by atoms with Crippen molar-refractivity contribution in [3.8, 4) is 11.5 Å². The third-order valence-electron chi connectivity index (χ3n) is 4.63. The Hall–Kier alpha value is -2.23. The van der Waals surface area contributed by atoms with Crippen molar-refractivity contribution in [3.63, 3.8) is 0 Å². The monoisotopic (exact) mass is 267 g/mol. The van der Waals surface area contributed by atoms with Crippen LogP contribution >= 0.6 is 0 Å². The summed E-state index contributed by atoms with van der Waals surface area (Å²) in [6.45, 7) is 1.06. The minimum Gasteiger partial charge on any atom is -0.454 e. The molecule has 0 saturated carbocycles. The average molecular weight is 267 g/mol. The molecule has 1 aromatic rings. The molecule has 1 aliphatic carbocycles. The quantitative estimate of drug-likeness (QED) is 0.677. The van der Waals surface area contributed by atoms with Gasteiger partial charge in [0.2, 0.25) is 6.79 Å². The summed E-state index contributed by atoms with van der Waals surface area (Å²) in [4.78, 5) is 14.7. The van der Waals surface area contributed by atoms with Crippen LogP contribution in [-0.2, 0) is 0 Å². The Labute approximate surface area is 116 Å². The second-order valence-electron chi connectivity index (χ2n) is 5.58. The van der Waals surface area contributed by atoms with Gasteiger partial charge in [-0.2, -0.15) is 0 Å². The van der Waals surface area contributed by atoms with Crippen molar-refractivity contribution in [1.82, 2.24) is 4.90 Å². The summed E-state index contributed by atoms with van der Waals surface area (Å²) in [6, 6.07) is 3.97. The van der Waals surface area contributed by atoms with E-state index in [1.165, 1.54) is 11.1 Å². The van der Waals surface area contributed by atoms with Crippen LogP contribution in [0.3, 0.4) is 0 Å². The number of nitrogens with zero attached hydrogens (tertiary/aromatic N) is 1. The van der Waals surface area contributed by atoms with E-state index in [4.69, 9.17) is 9.47 Å². The van der Waals surface area contributed by atoms with E-state index in [9.17, 15) is 4.79 Å². The Morgan fingerprint density at radius 2 is 1.90 bits per heavy atom. The standard InChI is InChI=1S/C16H13NO3/c18-16-12-7-14-13(19-8-20-14)6-11(12)10-3-1-2-9-4-5-17(16)15(9)10/h2-3,6-7,15H,1,4-5,8H2. The molecule has 3 heterocycles. The zero-order valence-electron chi connectivity index (χ0n) is 10.9. The van der Waals surface area contributed by atoms with Gasteiger partial charge in [-0.3, -0.25) is 4.79 Å². The predicted octanol–water partition coefficient (Wildman–Crippen LogP) is 2.36. The molecular weight excluding hydrogens is 254 g/mol. The Bertz CT molecular complexity index is 717. The van der Waals surface area contributed by atoms with E-state index >= 15 is 0 Å². The smallest absolute Gasteiger partial charge is 0.255 e. The van der Waals surface area contributed by atoms with Gasteiger partial charge in [0.25, 0.3) is 5.91 Å². The molecule has 1 aromatic carbocycles. The molecule has 0 radical (unpaired) electrons. The van der Waals surface area contributed by atoms with Crippen LogP contribution in [0.15, 0.2) is 29.9 Å². The molecule has 1 atom stereocenters. The van der Waals surface area contributed by atoms with Crippen LogP contribution in [0.1, 0.15) is 28.8 Å². The molecule has 1 saturated heterocycles. The lowest BCUT2D eigenvalue weighted by atomic mass is 9.83. The molecule has 0 spiro atoms. The van der Waals surface area contributed by atoms with Gasteiger partial charge in [0.15, 0.2) is 11.5 Å². The van der Waals surface area contributed by atoms with Crippen LogP contribution in [0.25, 0.3) is 5.57 Å². The Morgan fingerprint density at radius 1 is 1.10 bits per heavy atom. The zero-order valence-corrected chi connectivity index (χ0v) is 10.9. The topological polar surface area (TPSA) is 38.8 Å². The minimum atomic E-state index is 0.116. The first-order valence-electron chi connectivity index (χ1n) is 6.97. The first-order valence-corrected chi connectivity index (χ1v) is 6.97. The lowest BCUT2D eigenvalue weighted by Gasteiger charge is -2.35. The molecule has 0 bridgehead atoms. The maximum Gasteiger partial charge on any atom is 0.255 e. The van der Waals surface area contributed by atoms with Gasteiger partial charge in [-0.1, -0.05) is 12.2 Å². The number of hydrogen-bond donors (Lipinski definition) is 0. The normalized spacial score (nSPS) is 25.1.